The minimum absolute atomic E-state index is 0.0323. The summed E-state index contributed by atoms with van der Waals surface area (Å²) in [7, 11) is 0. The van der Waals surface area contributed by atoms with E-state index in [9.17, 15) is 10.1 Å². The number of carbonyl (C=O) groups excluding carboxylic acids is 1. The molecule has 6 nitrogen and oxygen atoms in total. The molecule has 0 spiro atoms. The number of hydrogen-bond acceptors (Lipinski definition) is 6. The fourth-order valence-corrected chi connectivity index (χ4v) is 4.55. The summed E-state index contributed by atoms with van der Waals surface area (Å²) >= 11 is 1.53. The smallest absolute Gasteiger partial charge is 0.243 e. The number of nitrogens with zero attached hydrogens (tertiary/aromatic N) is 4. The van der Waals surface area contributed by atoms with Crippen molar-refractivity contribution in [3.63, 3.8) is 0 Å². The number of thiazole rings is 1. The van der Waals surface area contributed by atoms with Crippen molar-refractivity contribution in [3.8, 4) is 6.07 Å². The molecule has 1 aromatic carbocycles. The quantitative estimate of drug-likeness (QED) is 0.699. The number of rotatable bonds is 5. The van der Waals surface area contributed by atoms with Crippen molar-refractivity contribution in [2.24, 2.45) is 0 Å². The van der Waals surface area contributed by atoms with Crippen LogP contribution in [0.15, 0.2) is 42.6 Å². The number of anilines is 1. The molecular weight excluding hydrogens is 382 g/mol. The van der Waals surface area contributed by atoms with Gasteiger partial charge in [-0.1, -0.05) is 41.7 Å². The summed E-state index contributed by atoms with van der Waals surface area (Å²) in [6, 6.07) is 14.0. The van der Waals surface area contributed by atoms with Gasteiger partial charge >= 0.3 is 0 Å². The number of pyridine rings is 1. The average molecular weight is 406 g/mol. The third kappa shape index (κ3) is 3.94. The first-order chi connectivity index (χ1) is 14.0. The molecule has 7 heteroatoms. The van der Waals surface area contributed by atoms with Crippen LogP contribution < -0.4 is 10.2 Å². The summed E-state index contributed by atoms with van der Waals surface area (Å²) in [5.74, 6) is 0.0323. The molecule has 29 heavy (non-hydrogen) atoms. The second-order valence-corrected chi connectivity index (χ2v) is 8.84. The van der Waals surface area contributed by atoms with Gasteiger partial charge in [0.15, 0.2) is 10.8 Å². The number of nitriles is 1. The van der Waals surface area contributed by atoms with Crippen LogP contribution in [0.3, 0.4) is 0 Å². The molecule has 0 saturated carbocycles. The molecule has 3 aromatic rings. The second kappa shape index (κ2) is 7.80. The van der Waals surface area contributed by atoms with Gasteiger partial charge in [-0.25, -0.2) is 4.98 Å². The Morgan fingerprint density at radius 2 is 2.17 bits per heavy atom. The first kappa shape index (κ1) is 19.3. The third-order valence-corrected chi connectivity index (χ3v) is 6.38. The fourth-order valence-electron chi connectivity index (χ4n) is 3.51. The minimum atomic E-state index is -0.598. The number of amides is 1. The summed E-state index contributed by atoms with van der Waals surface area (Å²) in [5.41, 5.74) is 2.03. The zero-order valence-corrected chi connectivity index (χ0v) is 17.4. The van der Waals surface area contributed by atoms with Crippen molar-refractivity contribution >= 4 is 32.7 Å². The Morgan fingerprint density at radius 1 is 1.38 bits per heavy atom. The molecular formula is C22H23N5OS. The van der Waals surface area contributed by atoms with Crippen molar-refractivity contribution in [2.75, 3.05) is 11.4 Å². The van der Waals surface area contributed by atoms with Gasteiger partial charge in [0, 0.05) is 19.3 Å². The lowest BCUT2D eigenvalue weighted by atomic mass is 9.88. The number of fused-ring (bicyclic) bond motifs is 1. The van der Waals surface area contributed by atoms with Crippen LogP contribution in [0, 0.1) is 11.3 Å². The van der Waals surface area contributed by atoms with E-state index in [-0.39, 0.29) is 11.9 Å². The first-order valence-corrected chi connectivity index (χ1v) is 10.6. The van der Waals surface area contributed by atoms with Crippen LogP contribution in [-0.4, -0.2) is 28.5 Å². The summed E-state index contributed by atoms with van der Waals surface area (Å²) < 4.78 is 0.941. The van der Waals surface area contributed by atoms with Crippen molar-refractivity contribution in [3.05, 3.63) is 53.7 Å². The second-order valence-electron chi connectivity index (χ2n) is 7.83. The highest BCUT2D eigenvalue weighted by atomic mass is 32.1. The van der Waals surface area contributed by atoms with E-state index in [0.717, 1.165) is 40.3 Å². The molecule has 0 aliphatic carbocycles. The van der Waals surface area contributed by atoms with Gasteiger partial charge in [-0.3, -0.25) is 4.79 Å². The van der Waals surface area contributed by atoms with Crippen LogP contribution in [0.2, 0.25) is 0 Å². The zero-order valence-electron chi connectivity index (χ0n) is 16.6. The Hall–Kier alpha value is -2.98. The normalized spacial score (nSPS) is 16.7. The van der Waals surface area contributed by atoms with Gasteiger partial charge in [-0.05, 0) is 43.9 Å². The molecule has 1 aliphatic heterocycles. The molecule has 2 aromatic heterocycles. The van der Waals surface area contributed by atoms with Gasteiger partial charge in [0.05, 0.1) is 16.2 Å². The van der Waals surface area contributed by atoms with E-state index < -0.39 is 5.41 Å². The topological polar surface area (TPSA) is 81.9 Å². The van der Waals surface area contributed by atoms with Gasteiger partial charge in [0.2, 0.25) is 5.91 Å². The van der Waals surface area contributed by atoms with Gasteiger partial charge in [0.1, 0.15) is 6.04 Å². The highest BCUT2D eigenvalue weighted by molar-refractivity contribution is 7.22. The summed E-state index contributed by atoms with van der Waals surface area (Å²) in [6.07, 6.45) is 3.50. The Kier molecular flexibility index (Phi) is 5.20. The van der Waals surface area contributed by atoms with Crippen LogP contribution in [0.4, 0.5) is 5.13 Å². The maximum absolute atomic E-state index is 12.8. The van der Waals surface area contributed by atoms with Crippen molar-refractivity contribution in [2.45, 2.75) is 44.7 Å². The van der Waals surface area contributed by atoms with E-state index in [1.54, 1.807) is 6.20 Å². The summed E-state index contributed by atoms with van der Waals surface area (Å²) in [5, 5.41) is 13.3. The van der Waals surface area contributed by atoms with E-state index in [1.807, 2.05) is 50.2 Å². The van der Waals surface area contributed by atoms with E-state index in [4.69, 9.17) is 0 Å². The first-order valence-electron chi connectivity index (χ1n) is 9.74. The van der Waals surface area contributed by atoms with Gasteiger partial charge < -0.3 is 10.2 Å². The van der Waals surface area contributed by atoms with Crippen molar-refractivity contribution < 1.29 is 4.79 Å². The van der Waals surface area contributed by atoms with Crippen LogP contribution >= 0.6 is 11.3 Å². The number of nitrogens with one attached hydrogen (secondary N) is 1. The molecule has 4 rings (SSSR count). The lowest BCUT2D eigenvalue weighted by Crippen LogP contribution is -2.43. The Bertz CT molecular complexity index is 1070. The van der Waals surface area contributed by atoms with Gasteiger partial charge in [-0.2, -0.15) is 10.2 Å². The predicted octanol–water partition coefficient (Wildman–Crippen LogP) is 3.78. The zero-order chi connectivity index (χ0) is 20.4. The average Bonchev–Trinajstić information content (AvgIpc) is 3.38. The van der Waals surface area contributed by atoms with E-state index in [1.165, 1.54) is 11.3 Å². The van der Waals surface area contributed by atoms with Crippen LogP contribution in [0.1, 0.15) is 37.8 Å². The fraction of sp³-hybridized carbons (Fsp3) is 0.364. The third-order valence-electron chi connectivity index (χ3n) is 5.35. The molecule has 0 radical (unpaired) electrons. The number of hydrogen-bond donors (Lipinski definition) is 1. The highest BCUT2D eigenvalue weighted by Crippen LogP contribution is 2.34. The SMILES string of the molecule is CC(C)(C#N)c1cnc2nc(N3CCC[C@@H]3C(=O)NCc3ccccc3)sc2c1. The largest absolute Gasteiger partial charge is 0.350 e. The predicted molar refractivity (Wildman–Crippen MR) is 115 cm³/mol. The summed E-state index contributed by atoms with van der Waals surface area (Å²) in [6.45, 7) is 5.09. The number of benzene rings is 1. The molecule has 0 unspecified atom stereocenters. The molecule has 1 aliphatic rings. The summed E-state index contributed by atoms with van der Waals surface area (Å²) in [4.78, 5) is 24.0. The van der Waals surface area contributed by atoms with E-state index in [0.29, 0.717) is 12.2 Å². The molecule has 3 heterocycles. The minimum Gasteiger partial charge on any atom is -0.350 e. The molecule has 1 amide bonds. The van der Waals surface area contributed by atoms with Crippen LogP contribution in [0.25, 0.3) is 10.3 Å². The molecule has 148 valence electrons. The molecule has 1 fully saturated rings. The number of aromatic nitrogens is 2. The monoisotopic (exact) mass is 405 g/mol. The number of carbonyl (C=O) groups is 1. The van der Waals surface area contributed by atoms with Crippen molar-refractivity contribution in [1.82, 2.24) is 15.3 Å². The van der Waals surface area contributed by atoms with Crippen LogP contribution in [0.5, 0.6) is 0 Å². The Labute approximate surface area is 174 Å². The lowest BCUT2D eigenvalue weighted by Gasteiger charge is -2.23. The highest BCUT2D eigenvalue weighted by Gasteiger charge is 2.33. The molecule has 1 N–H and O–H groups in total. The van der Waals surface area contributed by atoms with Crippen molar-refractivity contribution in [1.29, 1.82) is 5.26 Å². The Morgan fingerprint density at radius 3 is 2.93 bits per heavy atom. The Balaban J connectivity index is 1.53. The molecule has 1 atom stereocenters. The maximum atomic E-state index is 12.8. The van der Waals surface area contributed by atoms with Gasteiger partial charge in [0.25, 0.3) is 0 Å². The van der Waals surface area contributed by atoms with Crippen LogP contribution in [-0.2, 0) is 16.8 Å². The lowest BCUT2D eigenvalue weighted by molar-refractivity contribution is -0.122. The molecule has 1 saturated heterocycles. The van der Waals surface area contributed by atoms with E-state index in [2.05, 4.69) is 26.3 Å². The van der Waals surface area contributed by atoms with E-state index >= 15 is 0 Å². The maximum Gasteiger partial charge on any atom is 0.243 e. The van der Waals surface area contributed by atoms with Gasteiger partial charge in [-0.15, -0.1) is 0 Å². The standard InChI is InChI=1S/C22H23N5OS/c1-22(2,14-23)16-11-18-19(24-13-16)26-21(29-18)27-10-6-9-17(27)20(28)25-12-15-7-4-3-5-8-15/h3-5,7-8,11,13,17H,6,9-10,12H2,1-2H3,(H,25,28)/t17-/m1/s1. The molecule has 0 bridgehead atoms.